The molecule has 0 aliphatic rings. The summed E-state index contributed by atoms with van der Waals surface area (Å²) in [6.07, 6.45) is -0.402. The molecule has 0 saturated heterocycles. The monoisotopic (exact) mass is 413 g/mol. The van der Waals surface area contributed by atoms with Crippen molar-refractivity contribution in [1.29, 1.82) is 0 Å². The van der Waals surface area contributed by atoms with Crippen molar-refractivity contribution in [2.75, 3.05) is 5.75 Å². The van der Waals surface area contributed by atoms with E-state index in [0.717, 1.165) is 21.4 Å². The summed E-state index contributed by atoms with van der Waals surface area (Å²) in [5, 5.41) is 9.82. The van der Waals surface area contributed by atoms with Gasteiger partial charge in [0.1, 0.15) is 0 Å². The van der Waals surface area contributed by atoms with Gasteiger partial charge in [-0.05, 0) is 12.1 Å². The highest BCUT2D eigenvalue weighted by Crippen LogP contribution is 2.40. The van der Waals surface area contributed by atoms with E-state index in [0.29, 0.717) is 0 Å². The Morgan fingerprint density at radius 2 is 1.50 bits per heavy atom. The van der Waals surface area contributed by atoms with Crippen molar-refractivity contribution in [2.24, 2.45) is 0 Å². The van der Waals surface area contributed by atoms with E-state index < -0.39 is 6.19 Å². The molecule has 1 heterocycles. The Balaban J connectivity index is 1.85. The van der Waals surface area contributed by atoms with Gasteiger partial charge in [0, 0.05) is 27.9 Å². The summed E-state index contributed by atoms with van der Waals surface area (Å²) in [6, 6.07) is 26.3. The van der Waals surface area contributed by atoms with Crippen molar-refractivity contribution in [3.05, 3.63) is 85.1 Å². The fourth-order valence-corrected chi connectivity index (χ4v) is 7.25. The summed E-state index contributed by atoms with van der Waals surface area (Å²) in [7, 11) is 0. The van der Waals surface area contributed by atoms with Gasteiger partial charge < -0.3 is 0 Å². The Labute approximate surface area is 169 Å². The number of thiocarbonyl (C=S) groups is 1. The number of benzene rings is 2. The van der Waals surface area contributed by atoms with Gasteiger partial charge in [0.05, 0.1) is 17.3 Å². The molecule has 0 fully saturated rings. The van der Waals surface area contributed by atoms with E-state index in [1.165, 1.54) is 0 Å². The zero-order chi connectivity index (χ0) is 18.2. The minimum Gasteiger partial charge on any atom is -0.273 e. The first-order valence-corrected chi connectivity index (χ1v) is 12.3. The van der Waals surface area contributed by atoms with Crippen LogP contribution in [0.15, 0.2) is 90.1 Å². The van der Waals surface area contributed by atoms with Crippen LogP contribution in [0.1, 0.15) is 0 Å². The quantitative estimate of drug-likeness (QED) is 0.341. The maximum absolute atomic E-state index is 6.20. The van der Waals surface area contributed by atoms with Crippen molar-refractivity contribution in [3.8, 4) is 0 Å². The lowest BCUT2D eigenvalue weighted by Gasteiger charge is -2.28. The smallest absolute Gasteiger partial charge is 0.0960 e. The van der Waals surface area contributed by atoms with Crippen LogP contribution in [-0.4, -0.2) is 22.1 Å². The van der Waals surface area contributed by atoms with Crippen LogP contribution in [-0.2, 0) is 11.8 Å². The average molecular weight is 414 g/mol. The van der Waals surface area contributed by atoms with Gasteiger partial charge in [-0.2, -0.15) is 0 Å². The summed E-state index contributed by atoms with van der Waals surface area (Å²) in [5.41, 5.74) is 0. The topological polar surface area (TPSA) is 24.9 Å². The molecular formula is C20H18N2PS3. The number of nitrogens with one attached hydrogen (secondary N) is 1. The molecule has 1 radical (unpaired) electrons. The molecule has 0 bridgehead atoms. The molecule has 3 aromatic rings. The number of thioether (sulfide) groups is 1. The van der Waals surface area contributed by atoms with Crippen molar-refractivity contribution in [3.63, 3.8) is 0 Å². The maximum Gasteiger partial charge on any atom is 0.0960 e. The number of nitrogens with zero attached hydrogens (tertiary/aromatic N) is 1. The predicted molar refractivity (Wildman–Crippen MR) is 121 cm³/mol. The minimum atomic E-state index is -2.20. The predicted octanol–water partition coefficient (Wildman–Crippen LogP) is 4.05. The van der Waals surface area contributed by atoms with E-state index >= 15 is 0 Å². The number of hydrogen-bond donors (Lipinski definition) is 1. The first-order chi connectivity index (χ1) is 12.7. The lowest BCUT2D eigenvalue weighted by atomic mass is 10.4. The van der Waals surface area contributed by atoms with Crippen LogP contribution in [0, 0.1) is 0 Å². The summed E-state index contributed by atoms with van der Waals surface area (Å²) < 4.78 is 0. The van der Waals surface area contributed by atoms with Gasteiger partial charge in [-0.15, -0.1) is 11.8 Å². The van der Waals surface area contributed by atoms with Crippen LogP contribution in [0.4, 0.5) is 0 Å². The van der Waals surface area contributed by atoms with E-state index in [1.807, 2.05) is 54.6 Å². The van der Waals surface area contributed by atoms with Crippen LogP contribution in [0.3, 0.4) is 0 Å². The van der Waals surface area contributed by atoms with E-state index in [2.05, 4.69) is 39.7 Å². The lowest BCUT2D eigenvalue weighted by Crippen LogP contribution is -2.37. The SMILES string of the molecule is S=[C]C(CSc1ccccn1)NP(=S)(c1ccccc1)c1ccccc1. The van der Waals surface area contributed by atoms with E-state index in [9.17, 15) is 0 Å². The lowest BCUT2D eigenvalue weighted by molar-refractivity contribution is 0.924. The van der Waals surface area contributed by atoms with E-state index in [-0.39, 0.29) is 6.04 Å². The van der Waals surface area contributed by atoms with Gasteiger partial charge in [0.25, 0.3) is 0 Å². The third-order valence-electron chi connectivity index (χ3n) is 3.76. The molecule has 0 aliphatic heterocycles. The molecule has 26 heavy (non-hydrogen) atoms. The van der Waals surface area contributed by atoms with Crippen molar-refractivity contribution in [2.45, 2.75) is 11.1 Å². The molecule has 0 aliphatic carbocycles. The van der Waals surface area contributed by atoms with Crippen LogP contribution in [0.2, 0.25) is 0 Å². The molecule has 2 nitrogen and oxygen atoms in total. The molecule has 1 aromatic heterocycles. The maximum atomic E-state index is 6.20. The Morgan fingerprint density at radius 3 is 2.00 bits per heavy atom. The van der Waals surface area contributed by atoms with Crippen LogP contribution < -0.4 is 15.7 Å². The molecule has 0 saturated carbocycles. The van der Waals surface area contributed by atoms with Gasteiger partial charge in [-0.3, -0.25) is 5.09 Å². The molecule has 2 aromatic carbocycles. The normalized spacial score (nSPS) is 12.5. The average Bonchev–Trinajstić information content (AvgIpc) is 2.73. The van der Waals surface area contributed by atoms with Crippen molar-refractivity contribution >= 4 is 58.0 Å². The molecule has 0 spiro atoms. The molecule has 1 atom stereocenters. The zero-order valence-electron chi connectivity index (χ0n) is 14.0. The highest BCUT2D eigenvalue weighted by atomic mass is 32.4. The number of hydrogen-bond acceptors (Lipinski definition) is 4. The van der Waals surface area contributed by atoms with E-state index in [1.54, 1.807) is 18.0 Å². The molecule has 0 amide bonds. The highest BCUT2D eigenvalue weighted by molar-refractivity contribution is 8.21. The summed E-state index contributed by atoms with van der Waals surface area (Å²) in [5.74, 6) is 0.735. The van der Waals surface area contributed by atoms with Gasteiger partial charge in [-0.25, -0.2) is 4.98 Å². The Bertz CT molecular complexity index is 830. The second-order valence-corrected chi connectivity index (χ2v) is 11.0. The minimum absolute atomic E-state index is 0.108. The fraction of sp³-hybridized carbons (Fsp3) is 0.100. The van der Waals surface area contributed by atoms with Gasteiger partial charge >= 0.3 is 0 Å². The standard InChI is InChI=1S/C20H18N2PS3/c24-15-17(16-26-20-13-7-8-14-21-20)22-23(25,18-9-3-1-4-10-18)19-11-5-2-6-12-19/h1-14,17H,16H2,(H,22,25). The third-order valence-corrected chi connectivity index (χ3v) is 9.38. The zero-order valence-corrected chi connectivity index (χ0v) is 17.3. The van der Waals surface area contributed by atoms with Crippen molar-refractivity contribution < 1.29 is 0 Å². The molecule has 1 unspecified atom stereocenters. The largest absolute Gasteiger partial charge is 0.273 e. The summed E-state index contributed by atoms with van der Waals surface area (Å²) in [4.78, 5) is 4.35. The van der Waals surface area contributed by atoms with Crippen molar-refractivity contribution in [1.82, 2.24) is 10.1 Å². The highest BCUT2D eigenvalue weighted by Gasteiger charge is 2.25. The number of aromatic nitrogens is 1. The second-order valence-electron chi connectivity index (χ2n) is 5.56. The Kier molecular flexibility index (Phi) is 7.12. The first-order valence-electron chi connectivity index (χ1n) is 8.13. The number of pyridine rings is 1. The molecule has 6 heteroatoms. The summed E-state index contributed by atoms with van der Waals surface area (Å²) >= 11 is 13.0. The Morgan fingerprint density at radius 1 is 0.923 bits per heavy atom. The molecular weight excluding hydrogens is 395 g/mol. The van der Waals surface area contributed by atoms with Crippen LogP contribution >= 0.6 is 30.2 Å². The fourth-order valence-electron chi connectivity index (χ4n) is 2.49. The number of rotatable bonds is 8. The molecule has 131 valence electrons. The third kappa shape index (κ3) is 4.87. The second kappa shape index (κ2) is 9.54. The van der Waals surface area contributed by atoms with Crippen LogP contribution in [0.25, 0.3) is 0 Å². The molecule has 3 rings (SSSR count). The molecule has 1 N–H and O–H groups in total. The van der Waals surface area contributed by atoms with Gasteiger partial charge in [-0.1, -0.05) is 90.8 Å². The van der Waals surface area contributed by atoms with Crippen LogP contribution in [0.5, 0.6) is 0 Å². The Hall–Kier alpha value is -1.36. The summed E-state index contributed by atoms with van der Waals surface area (Å²) in [6.45, 7) is 0. The van der Waals surface area contributed by atoms with E-state index in [4.69, 9.17) is 24.0 Å². The van der Waals surface area contributed by atoms with Gasteiger partial charge in [0.2, 0.25) is 0 Å². The first kappa shape index (κ1) is 19.4. The van der Waals surface area contributed by atoms with Gasteiger partial charge in [0.15, 0.2) is 0 Å².